The molecule has 4 rings (SSSR count). The van der Waals surface area contributed by atoms with Gasteiger partial charge in [0, 0.05) is 45.2 Å². The van der Waals surface area contributed by atoms with E-state index in [2.05, 4.69) is 19.9 Å². The van der Waals surface area contributed by atoms with Gasteiger partial charge in [-0.2, -0.15) is 13.2 Å². The van der Waals surface area contributed by atoms with Crippen molar-refractivity contribution in [3.05, 3.63) is 52.8 Å². The van der Waals surface area contributed by atoms with E-state index in [1.54, 1.807) is 18.1 Å². The summed E-state index contributed by atoms with van der Waals surface area (Å²) in [6.07, 6.45) is -1.86. The molecular weight excluding hydrogens is 413 g/mol. The summed E-state index contributed by atoms with van der Waals surface area (Å²) in [6, 6.07) is 6.34. The monoisotopic (exact) mass is 434 g/mol. The summed E-state index contributed by atoms with van der Waals surface area (Å²) >= 11 is 0. The Morgan fingerprint density at radius 3 is 2.52 bits per heavy atom. The van der Waals surface area contributed by atoms with Gasteiger partial charge in [0.15, 0.2) is 0 Å². The molecule has 0 unspecified atom stereocenters. The van der Waals surface area contributed by atoms with Gasteiger partial charge in [-0.25, -0.2) is 15.0 Å². The van der Waals surface area contributed by atoms with Crippen LogP contribution in [0.5, 0.6) is 0 Å². The van der Waals surface area contributed by atoms with E-state index in [0.717, 1.165) is 18.0 Å². The largest absolute Gasteiger partial charge is 0.433 e. The van der Waals surface area contributed by atoms with Crippen LogP contribution in [0.1, 0.15) is 5.69 Å². The molecule has 0 amide bonds. The van der Waals surface area contributed by atoms with Gasteiger partial charge in [0.2, 0.25) is 5.95 Å². The van der Waals surface area contributed by atoms with E-state index < -0.39 is 11.9 Å². The molecule has 0 saturated carbocycles. The van der Waals surface area contributed by atoms with Crippen LogP contribution in [0, 0.1) is 0 Å². The highest BCUT2D eigenvalue weighted by molar-refractivity contribution is 5.81. The van der Waals surface area contributed by atoms with Crippen molar-refractivity contribution in [2.24, 2.45) is 0 Å². The zero-order valence-corrected chi connectivity index (χ0v) is 16.8. The Balaban J connectivity index is 1.48. The molecule has 0 bridgehead atoms. The second kappa shape index (κ2) is 8.50. The number of anilines is 2. The van der Waals surface area contributed by atoms with Gasteiger partial charge in [0.05, 0.1) is 30.4 Å². The summed E-state index contributed by atoms with van der Waals surface area (Å²) in [5.74, 6) is 0.0752. The molecular formula is C20H21F3N6O2. The van der Waals surface area contributed by atoms with Crippen molar-refractivity contribution in [2.45, 2.75) is 12.7 Å². The highest BCUT2D eigenvalue weighted by atomic mass is 19.4. The molecule has 2 aromatic heterocycles. The van der Waals surface area contributed by atoms with Crippen LogP contribution in [0.4, 0.5) is 24.8 Å². The van der Waals surface area contributed by atoms with Crippen molar-refractivity contribution >= 4 is 22.5 Å². The highest BCUT2D eigenvalue weighted by Crippen LogP contribution is 2.28. The number of halogens is 3. The molecule has 164 valence electrons. The predicted octanol–water partition coefficient (Wildman–Crippen LogP) is 2.18. The Morgan fingerprint density at radius 1 is 1.06 bits per heavy atom. The van der Waals surface area contributed by atoms with E-state index in [9.17, 15) is 18.0 Å². The molecule has 1 aliphatic heterocycles. The summed E-state index contributed by atoms with van der Waals surface area (Å²) in [6.45, 7) is 2.97. The molecule has 1 aliphatic rings. The molecule has 8 nitrogen and oxygen atoms in total. The molecule has 1 aromatic carbocycles. The lowest BCUT2D eigenvalue weighted by molar-refractivity contribution is -0.141. The van der Waals surface area contributed by atoms with E-state index in [1.165, 1.54) is 10.9 Å². The first-order valence-corrected chi connectivity index (χ1v) is 9.75. The molecule has 0 aliphatic carbocycles. The number of hydrogen-bond donors (Lipinski definition) is 0. The SMILES string of the molecule is COCCn1cnc2cc(N3CCN(c4nccc(C(F)(F)F)n4)CC3)ccc2c1=O. The summed E-state index contributed by atoms with van der Waals surface area (Å²) in [5.41, 5.74) is 0.426. The fourth-order valence-corrected chi connectivity index (χ4v) is 3.52. The number of nitrogens with zero attached hydrogens (tertiary/aromatic N) is 6. The average Bonchev–Trinajstić information content (AvgIpc) is 2.78. The van der Waals surface area contributed by atoms with E-state index in [4.69, 9.17) is 4.74 Å². The third kappa shape index (κ3) is 4.46. The Hall–Kier alpha value is -3.21. The molecule has 0 spiro atoms. The van der Waals surface area contributed by atoms with Crippen molar-refractivity contribution in [3.63, 3.8) is 0 Å². The number of benzene rings is 1. The smallest absolute Gasteiger partial charge is 0.383 e. The summed E-state index contributed by atoms with van der Waals surface area (Å²) in [5, 5.41) is 0.526. The topological polar surface area (TPSA) is 76.4 Å². The van der Waals surface area contributed by atoms with Crippen LogP contribution < -0.4 is 15.4 Å². The van der Waals surface area contributed by atoms with Crippen LogP contribution in [-0.2, 0) is 17.5 Å². The molecule has 0 atom stereocenters. The number of ether oxygens (including phenoxy) is 1. The van der Waals surface area contributed by atoms with E-state index in [-0.39, 0.29) is 11.5 Å². The standard InChI is InChI=1S/C20H21F3N6O2/c1-31-11-10-29-13-25-16-12-14(2-3-15(16)18(29)30)27-6-8-28(9-7-27)19-24-5-4-17(26-19)20(21,22)23/h2-5,12-13H,6-11H2,1H3. The number of alkyl halides is 3. The second-order valence-electron chi connectivity index (χ2n) is 7.15. The highest BCUT2D eigenvalue weighted by Gasteiger charge is 2.33. The molecule has 1 fully saturated rings. The first kappa shape index (κ1) is 21.0. The van der Waals surface area contributed by atoms with Gasteiger partial charge in [0.1, 0.15) is 5.69 Å². The summed E-state index contributed by atoms with van der Waals surface area (Å²) in [7, 11) is 1.57. The normalized spacial score (nSPS) is 15.0. The number of aromatic nitrogens is 4. The molecule has 1 saturated heterocycles. The fourth-order valence-electron chi connectivity index (χ4n) is 3.52. The minimum absolute atomic E-state index is 0.0752. The maximum atomic E-state index is 12.9. The minimum Gasteiger partial charge on any atom is -0.383 e. The van der Waals surface area contributed by atoms with Crippen LogP contribution in [0.3, 0.4) is 0 Å². The molecule has 3 aromatic rings. The van der Waals surface area contributed by atoms with Crippen molar-refractivity contribution in [1.29, 1.82) is 0 Å². The van der Waals surface area contributed by atoms with Crippen molar-refractivity contribution in [2.75, 3.05) is 49.7 Å². The Morgan fingerprint density at radius 2 is 1.81 bits per heavy atom. The maximum absolute atomic E-state index is 12.9. The van der Waals surface area contributed by atoms with Crippen LogP contribution in [0.15, 0.2) is 41.6 Å². The molecule has 0 radical (unpaired) electrons. The Kier molecular flexibility index (Phi) is 5.77. The maximum Gasteiger partial charge on any atom is 0.433 e. The van der Waals surface area contributed by atoms with E-state index in [0.29, 0.717) is 50.2 Å². The van der Waals surface area contributed by atoms with Crippen LogP contribution in [0.2, 0.25) is 0 Å². The first-order chi connectivity index (χ1) is 14.9. The third-order valence-electron chi connectivity index (χ3n) is 5.21. The van der Waals surface area contributed by atoms with Gasteiger partial charge in [-0.3, -0.25) is 9.36 Å². The van der Waals surface area contributed by atoms with E-state index in [1.807, 2.05) is 12.1 Å². The van der Waals surface area contributed by atoms with Crippen molar-refractivity contribution in [1.82, 2.24) is 19.5 Å². The number of rotatable bonds is 5. The predicted molar refractivity (Wildman–Crippen MR) is 109 cm³/mol. The quantitative estimate of drug-likeness (QED) is 0.609. The number of methoxy groups -OCH3 is 1. The molecule has 31 heavy (non-hydrogen) atoms. The van der Waals surface area contributed by atoms with Gasteiger partial charge in [-0.1, -0.05) is 0 Å². The fraction of sp³-hybridized carbons (Fsp3) is 0.400. The lowest BCUT2D eigenvalue weighted by atomic mass is 10.2. The van der Waals surface area contributed by atoms with Gasteiger partial charge in [-0.15, -0.1) is 0 Å². The van der Waals surface area contributed by atoms with Gasteiger partial charge >= 0.3 is 6.18 Å². The molecule has 11 heteroatoms. The Bertz CT molecular complexity index is 1130. The molecule has 3 heterocycles. The summed E-state index contributed by atoms with van der Waals surface area (Å²) in [4.78, 5) is 28.5. The number of hydrogen-bond acceptors (Lipinski definition) is 7. The third-order valence-corrected chi connectivity index (χ3v) is 5.21. The van der Waals surface area contributed by atoms with Crippen LogP contribution >= 0.6 is 0 Å². The first-order valence-electron chi connectivity index (χ1n) is 9.75. The van der Waals surface area contributed by atoms with Crippen LogP contribution in [-0.4, -0.2) is 59.4 Å². The molecule has 0 N–H and O–H groups in total. The zero-order valence-electron chi connectivity index (χ0n) is 16.8. The number of piperazine rings is 1. The van der Waals surface area contributed by atoms with Gasteiger partial charge in [-0.05, 0) is 24.3 Å². The van der Waals surface area contributed by atoms with Crippen LogP contribution in [0.25, 0.3) is 10.9 Å². The lowest BCUT2D eigenvalue weighted by Crippen LogP contribution is -2.47. The van der Waals surface area contributed by atoms with Crippen molar-refractivity contribution < 1.29 is 17.9 Å². The van der Waals surface area contributed by atoms with Gasteiger partial charge in [0.25, 0.3) is 5.56 Å². The Labute approximate surface area is 175 Å². The van der Waals surface area contributed by atoms with Gasteiger partial charge < -0.3 is 14.5 Å². The summed E-state index contributed by atoms with van der Waals surface area (Å²) < 4.78 is 45.2. The van der Waals surface area contributed by atoms with Crippen molar-refractivity contribution in [3.8, 4) is 0 Å². The second-order valence-corrected chi connectivity index (χ2v) is 7.15. The van der Waals surface area contributed by atoms with E-state index >= 15 is 0 Å². The minimum atomic E-state index is -4.50. The zero-order chi connectivity index (χ0) is 22.0. The average molecular weight is 434 g/mol. The number of fused-ring (bicyclic) bond motifs is 1. The lowest BCUT2D eigenvalue weighted by Gasteiger charge is -2.36.